The van der Waals surface area contributed by atoms with E-state index in [-0.39, 0.29) is 11.9 Å². The van der Waals surface area contributed by atoms with Crippen LogP contribution in [-0.4, -0.2) is 44.3 Å². The van der Waals surface area contributed by atoms with E-state index in [2.05, 4.69) is 0 Å². The predicted molar refractivity (Wildman–Crippen MR) is 76.6 cm³/mol. The molecule has 0 aromatic heterocycles. The van der Waals surface area contributed by atoms with Crippen LogP contribution >= 0.6 is 0 Å². The molecule has 0 radical (unpaired) electrons. The minimum absolute atomic E-state index is 0.114. The topological polar surface area (TPSA) is 46.6 Å². The maximum Gasteiger partial charge on any atom is 0.214 e. The van der Waals surface area contributed by atoms with Crippen molar-refractivity contribution >= 4 is 10.0 Å². The van der Waals surface area contributed by atoms with Gasteiger partial charge in [0.2, 0.25) is 10.0 Å². The highest BCUT2D eigenvalue weighted by Gasteiger charge is 2.30. The quantitative estimate of drug-likeness (QED) is 0.781. The molecule has 1 saturated carbocycles. The molecule has 2 aliphatic rings. The lowest BCUT2D eigenvalue weighted by molar-refractivity contribution is -0.0168. The predicted octanol–water partition coefficient (Wildman–Crippen LogP) is 2.40. The normalized spacial score (nSPS) is 27.5. The van der Waals surface area contributed by atoms with Crippen LogP contribution < -0.4 is 0 Å². The summed E-state index contributed by atoms with van der Waals surface area (Å²) in [4.78, 5) is 0. The van der Waals surface area contributed by atoms with Crippen LogP contribution in [0.3, 0.4) is 0 Å². The Kier molecular flexibility index (Phi) is 5.66. The van der Waals surface area contributed by atoms with Crippen molar-refractivity contribution in [3.8, 4) is 0 Å². The number of hydrogen-bond acceptors (Lipinski definition) is 3. The van der Waals surface area contributed by atoms with Gasteiger partial charge in [0.1, 0.15) is 0 Å². The fourth-order valence-corrected chi connectivity index (χ4v) is 4.79. The first-order valence-corrected chi connectivity index (χ1v) is 9.32. The molecular weight excluding hydrogens is 262 g/mol. The molecule has 4 nitrogen and oxygen atoms in total. The average Bonchev–Trinajstić information content (AvgIpc) is 2.40. The summed E-state index contributed by atoms with van der Waals surface area (Å²) in [7, 11) is -3.05. The Hall–Kier alpha value is -0.130. The molecule has 0 N–H and O–H groups in total. The van der Waals surface area contributed by atoms with Crippen molar-refractivity contribution < 1.29 is 13.2 Å². The van der Waals surface area contributed by atoms with Gasteiger partial charge >= 0.3 is 0 Å². The Bertz CT molecular complexity index is 363. The molecule has 0 amide bonds. The van der Waals surface area contributed by atoms with E-state index >= 15 is 0 Å². The van der Waals surface area contributed by atoms with Crippen LogP contribution in [0.4, 0.5) is 0 Å². The molecule has 0 unspecified atom stereocenters. The third-order valence-electron chi connectivity index (χ3n) is 4.28. The second-order valence-corrected chi connectivity index (χ2v) is 8.00. The number of hydrogen-bond donors (Lipinski definition) is 0. The number of rotatable bonds is 5. The Morgan fingerprint density at radius 2 is 1.95 bits per heavy atom. The molecule has 5 heteroatoms. The maximum atomic E-state index is 12.1. The second kappa shape index (κ2) is 7.04. The summed E-state index contributed by atoms with van der Waals surface area (Å²) in [5.41, 5.74) is 0. The van der Waals surface area contributed by atoms with E-state index in [1.165, 1.54) is 32.1 Å². The zero-order valence-corrected chi connectivity index (χ0v) is 12.8. The van der Waals surface area contributed by atoms with Gasteiger partial charge < -0.3 is 4.74 Å². The minimum Gasteiger partial charge on any atom is -0.375 e. The van der Waals surface area contributed by atoms with Crippen LogP contribution in [0.5, 0.6) is 0 Å². The first-order valence-electron chi connectivity index (χ1n) is 7.71. The summed E-state index contributed by atoms with van der Waals surface area (Å²) >= 11 is 0. The second-order valence-electron chi connectivity index (χ2n) is 5.91. The van der Waals surface area contributed by atoms with Gasteiger partial charge in [-0.05, 0) is 18.8 Å². The summed E-state index contributed by atoms with van der Waals surface area (Å²) in [6.45, 7) is 3.57. The van der Waals surface area contributed by atoms with Gasteiger partial charge in [-0.1, -0.05) is 39.0 Å². The largest absolute Gasteiger partial charge is 0.375 e. The Morgan fingerprint density at radius 3 is 2.63 bits per heavy atom. The SMILES string of the molecule is CCCS(=O)(=O)N1CCO[C@@H](CC2CCCCC2)C1. The van der Waals surface area contributed by atoms with Gasteiger partial charge in [-0.15, -0.1) is 0 Å². The maximum absolute atomic E-state index is 12.1. The van der Waals surface area contributed by atoms with Gasteiger partial charge in [-0.25, -0.2) is 8.42 Å². The average molecular weight is 289 g/mol. The smallest absolute Gasteiger partial charge is 0.214 e. The molecule has 2 fully saturated rings. The van der Waals surface area contributed by atoms with E-state index in [9.17, 15) is 8.42 Å². The lowest BCUT2D eigenvalue weighted by atomic mass is 9.85. The molecule has 1 atom stereocenters. The van der Waals surface area contributed by atoms with Gasteiger partial charge in [-0.2, -0.15) is 4.31 Å². The Balaban J connectivity index is 1.86. The van der Waals surface area contributed by atoms with Crippen LogP contribution in [0, 0.1) is 5.92 Å². The van der Waals surface area contributed by atoms with E-state index in [0.717, 1.165) is 12.3 Å². The highest BCUT2D eigenvalue weighted by Crippen LogP contribution is 2.29. The van der Waals surface area contributed by atoms with Gasteiger partial charge in [0.15, 0.2) is 0 Å². The fourth-order valence-electron chi connectivity index (χ4n) is 3.27. The van der Waals surface area contributed by atoms with Crippen LogP contribution in [-0.2, 0) is 14.8 Å². The molecule has 0 aromatic carbocycles. The van der Waals surface area contributed by atoms with Crippen LogP contribution in [0.25, 0.3) is 0 Å². The molecule has 1 heterocycles. The van der Waals surface area contributed by atoms with Crippen molar-refractivity contribution in [2.75, 3.05) is 25.4 Å². The lowest BCUT2D eigenvalue weighted by Gasteiger charge is -2.34. The van der Waals surface area contributed by atoms with E-state index < -0.39 is 10.0 Å². The van der Waals surface area contributed by atoms with E-state index in [1.807, 2.05) is 6.92 Å². The van der Waals surface area contributed by atoms with Crippen molar-refractivity contribution in [1.29, 1.82) is 0 Å². The molecular formula is C14H27NO3S. The molecule has 2 rings (SSSR count). The number of nitrogens with zero attached hydrogens (tertiary/aromatic N) is 1. The number of ether oxygens (including phenoxy) is 1. The van der Waals surface area contributed by atoms with E-state index in [1.54, 1.807) is 4.31 Å². The van der Waals surface area contributed by atoms with Crippen molar-refractivity contribution in [3.05, 3.63) is 0 Å². The van der Waals surface area contributed by atoms with Crippen LogP contribution in [0.15, 0.2) is 0 Å². The molecule has 0 bridgehead atoms. The van der Waals surface area contributed by atoms with Gasteiger partial charge in [-0.3, -0.25) is 0 Å². The molecule has 19 heavy (non-hydrogen) atoms. The molecule has 1 aliphatic carbocycles. The minimum atomic E-state index is -3.05. The summed E-state index contributed by atoms with van der Waals surface area (Å²) in [5.74, 6) is 1.01. The van der Waals surface area contributed by atoms with Gasteiger partial charge in [0.05, 0.1) is 18.5 Å². The number of sulfonamides is 1. The molecule has 0 spiro atoms. The van der Waals surface area contributed by atoms with Crippen molar-refractivity contribution in [2.24, 2.45) is 5.92 Å². The first kappa shape index (κ1) is 15.3. The van der Waals surface area contributed by atoms with E-state index in [4.69, 9.17) is 4.74 Å². The first-order chi connectivity index (χ1) is 9.12. The highest BCUT2D eigenvalue weighted by molar-refractivity contribution is 7.89. The monoisotopic (exact) mass is 289 g/mol. The molecule has 112 valence electrons. The summed E-state index contributed by atoms with van der Waals surface area (Å²) < 4.78 is 31.6. The van der Waals surface area contributed by atoms with Gasteiger partial charge in [0, 0.05) is 13.1 Å². The van der Waals surface area contributed by atoms with Crippen molar-refractivity contribution in [2.45, 2.75) is 58.0 Å². The standard InChI is InChI=1S/C14H27NO3S/c1-2-10-19(16,17)15-8-9-18-14(12-15)11-13-6-4-3-5-7-13/h13-14H,2-12H2,1H3/t14-/m0/s1. The van der Waals surface area contributed by atoms with Crippen molar-refractivity contribution in [3.63, 3.8) is 0 Å². The zero-order valence-electron chi connectivity index (χ0n) is 12.0. The summed E-state index contributed by atoms with van der Waals surface area (Å²) in [6.07, 6.45) is 8.45. The summed E-state index contributed by atoms with van der Waals surface area (Å²) in [6, 6.07) is 0. The number of morpholine rings is 1. The zero-order chi connectivity index (χ0) is 13.7. The highest BCUT2D eigenvalue weighted by atomic mass is 32.2. The van der Waals surface area contributed by atoms with Crippen LogP contribution in [0.1, 0.15) is 51.9 Å². The summed E-state index contributed by atoms with van der Waals surface area (Å²) in [5, 5.41) is 0. The van der Waals surface area contributed by atoms with Crippen LogP contribution in [0.2, 0.25) is 0 Å². The van der Waals surface area contributed by atoms with E-state index in [0.29, 0.717) is 26.1 Å². The molecule has 0 aromatic rings. The fraction of sp³-hybridized carbons (Fsp3) is 1.00. The lowest BCUT2D eigenvalue weighted by Crippen LogP contribution is -2.46. The Labute approximate surface area is 117 Å². The third kappa shape index (κ3) is 4.43. The van der Waals surface area contributed by atoms with Gasteiger partial charge in [0.25, 0.3) is 0 Å². The third-order valence-corrected chi connectivity index (χ3v) is 6.32. The molecule has 1 aliphatic heterocycles. The Morgan fingerprint density at radius 1 is 1.21 bits per heavy atom. The van der Waals surface area contributed by atoms with Crippen molar-refractivity contribution in [1.82, 2.24) is 4.31 Å². The molecule has 1 saturated heterocycles.